The molecule has 7 heteroatoms. The lowest BCUT2D eigenvalue weighted by atomic mass is 10.0. The number of fused-ring (bicyclic) bond motifs is 1. The van der Waals surface area contributed by atoms with Gasteiger partial charge in [0.1, 0.15) is 5.69 Å². The third-order valence-corrected chi connectivity index (χ3v) is 5.11. The third kappa shape index (κ3) is 2.46. The average Bonchev–Trinajstić information content (AvgIpc) is 3.09. The summed E-state index contributed by atoms with van der Waals surface area (Å²) in [5.41, 5.74) is 1.75. The highest BCUT2D eigenvalue weighted by Crippen LogP contribution is 2.40. The van der Waals surface area contributed by atoms with E-state index in [9.17, 15) is 9.59 Å². The van der Waals surface area contributed by atoms with Crippen molar-refractivity contribution >= 4 is 5.69 Å². The molecular weight excluding hydrogens is 294 g/mol. The lowest BCUT2D eigenvalue weighted by Gasteiger charge is -2.21. The van der Waals surface area contributed by atoms with E-state index in [2.05, 4.69) is 25.1 Å². The number of hydrogen-bond acceptors (Lipinski definition) is 5. The Labute approximate surface area is 132 Å². The maximum absolute atomic E-state index is 12.0. The van der Waals surface area contributed by atoms with E-state index in [-0.39, 0.29) is 0 Å². The summed E-state index contributed by atoms with van der Waals surface area (Å²) in [6, 6.07) is 1.91. The summed E-state index contributed by atoms with van der Waals surface area (Å²) in [7, 11) is 0. The molecule has 0 bridgehead atoms. The van der Waals surface area contributed by atoms with E-state index < -0.39 is 11.2 Å². The number of rotatable bonds is 2. The van der Waals surface area contributed by atoms with E-state index >= 15 is 0 Å². The van der Waals surface area contributed by atoms with Gasteiger partial charge in [0.15, 0.2) is 0 Å². The molecule has 2 atom stereocenters. The van der Waals surface area contributed by atoms with Crippen LogP contribution in [0.2, 0.25) is 0 Å². The molecule has 2 N–H and O–H groups in total. The summed E-state index contributed by atoms with van der Waals surface area (Å²) in [4.78, 5) is 30.2. The SMILES string of the molecule is Cc1nnc(-c2c[nH]c(=O)[nH]c2=O)cc1N1CC2CCCC2C1. The molecule has 1 aliphatic heterocycles. The van der Waals surface area contributed by atoms with Crippen LogP contribution in [0.5, 0.6) is 0 Å². The second-order valence-electron chi connectivity index (χ2n) is 6.54. The van der Waals surface area contributed by atoms with Crippen LogP contribution in [0.3, 0.4) is 0 Å². The van der Waals surface area contributed by atoms with Crippen molar-refractivity contribution in [1.29, 1.82) is 0 Å². The molecule has 1 aliphatic carbocycles. The van der Waals surface area contributed by atoms with Crippen LogP contribution in [0.1, 0.15) is 25.0 Å². The van der Waals surface area contributed by atoms with E-state index in [1.165, 1.54) is 25.5 Å². The lowest BCUT2D eigenvalue weighted by Crippen LogP contribution is -2.24. The maximum Gasteiger partial charge on any atom is 0.325 e. The number of aryl methyl sites for hydroxylation is 1. The van der Waals surface area contributed by atoms with Crippen LogP contribution in [0, 0.1) is 18.8 Å². The number of hydrogen-bond donors (Lipinski definition) is 2. The number of nitrogens with zero attached hydrogens (tertiary/aromatic N) is 3. The summed E-state index contributed by atoms with van der Waals surface area (Å²) in [5.74, 6) is 1.56. The van der Waals surface area contributed by atoms with Gasteiger partial charge in [-0.15, -0.1) is 5.10 Å². The zero-order chi connectivity index (χ0) is 16.0. The molecule has 2 aromatic rings. The highest BCUT2D eigenvalue weighted by molar-refractivity contribution is 5.64. The fourth-order valence-corrected chi connectivity index (χ4v) is 3.93. The minimum absolute atomic E-state index is 0.331. The average molecular weight is 313 g/mol. The molecule has 2 aromatic heterocycles. The van der Waals surface area contributed by atoms with Gasteiger partial charge in [0.05, 0.1) is 16.9 Å². The van der Waals surface area contributed by atoms with Gasteiger partial charge in [0.25, 0.3) is 5.56 Å². The quantitative estimate of drug-likeness (QED) is 0.864. The number of aromatic nitrogens is 4. The Kier molecular flexibility index (Phi) is 3.28. The molecule has 120 valence electrons. The molecular formula is C16H19N5O2. The highest BCUT2D eigenvalue weighted by Gasteiger charge is 2.36. The van der Waals surface area contributed by atoms with E-state index in [1.807, 2.05) is 13.0 Å². The van der Waals surface area contributed by atoms with Gasteiger partial charge in [0, 0.05) is 19.3 Å². The van der Waals surface area contributed by atoms with Crippen molar-refractivity contribution in [3.8, 4) is 11.3 Å². The normalized spacial score (nSPS) is 23.3. The van der Waals surface area contributed by atoms with Gasteiger partial charge in [-0.05, 0) is 37.7 Å². The fraction of sp³-hybridized carbons (Fsp3) is 0.500. The van der Waals surface area contributed by atoms with E-state index in [0.29, 0.717) is 11.3 Å². The third-order valence-electron chi connectivity index (χ3n) is 5.11. The van der Waals surface area contributed by atoms with Crippen molar-refractivity contribution in [2.45, 2.75) is 26.2 Å². The van der Waals surface area contributed by atoms with Crippen molar-refractivity contribution in [2.75, 3.05) is 18.0 Å². The lowest BCUT2D eigenvalue weighted by molar-refractivity contribution is 0.494. The Morgan fingerprint density at radius 3 is 2.61 bits per heavy atom. The summed E-state index contributed by atoms with van der Waals surface area (Å²) in [6.45, 7) is 4.05. The molecule has 0 spiro atoms. The summed E-state index contributed by atoms with van der Waals surface area (Å²) >= 11 is 0. The van der Waals surface area contributed by atoms with Crippen LogP contribution in [0.15, 0.2) is 21.9 Å². The second kappa shape index (κ2) is 5.33. The Hall–Kier alpha value is -2.44. The van der Waals surface area contributed by atoms with Crippen molar-refractivity contribution in [1.82, 2.24) is 20.2 Å². The first kappa shape index (κ1) is 14.2. The van der Waals surface area contributed by atoms with Gasteiger partial charge in [-0.3, -0.25) is 9.78 Å². The van der Waals surface area contributed by atoms with Gasteiger partial charge in [-0.1, -0.05) is 6.42 Å². The van der Waals surface area contributed by atoms with Gasteiger partial charge >= 0.3 is 5.69 Å². The smallest absolute Gasteiger partial charge is 0.325 e. The molecule has 1 saturated carbocycles. The largest absolute Gasteiger partial charge is 0.369 e. The molecule has 0 amide bonds. The standard InChI is InChI=1S/C16H19N5O2/c1-9-14(21-7-10-3-2-4-11(10)8-21)5-13(20-19-9)12-6-17-16(23)18-15(12)22/h5-6,10-11H,2-4,7-8H2,1H3,(H2,17,18,22,23). The monoisotopic (exact) mass is 313 g/mol. The number of aromatic amines is 2. The number of nitrogens with one attached hydrogen (secondary N) is 2. The van der Waals surface area contributed by atoms with E-state index in [4.69, 9.17) is 0 Å². The molecule has 1 saturated heterocycles. The van der Waals surface area contributed by atoms with Crippen molar-refractivity contribution in [2.24, 2.45) is 11.8 Å². The Balaban J connectivity index is 1.71. The van der Waals surface area contributed by atoms with Gasteiger partial charge in [0.2, 0.25) is 0 Å². The number of H-pyrrole nitrogens is 2. The van der Waals surface area contributed by atoms with Gasteiger partial charge < -0.3 is 9.88 Å². The van der Waals surface area contributed by atoms with Crippen LogP contribution >= 0.6 is 0 Å². The van der Waals surface area contributed by atoms with Gasteiger partial charge in [-0.25, -0.2) is 4.79 Å². The zero-order valence-corrected chi connectivity index (χ0v) is 13.0. The topological polar surface area (TPSA) is 94.7 Å². The fourth-order valence-electron chi connectivity index (χ4n) is 3.93. The Bertz CT molecular complexity index is 844. The van der Waals surface area contributed by atoms with Crippen LogP contribution < -0.4 is 16.1 Å². The van der Waals surface area contributed by atoms with Crippen molar-refractivity contribution in [3.05, 3.63) is 38.8 Å². The molecule has 2 fully saturated rings. The second-order valence-corrected chi connectivity index (χ2v) is 6.54. The summed E-state index contributed by atoms with van der Waals surface area (Å²) in [6.07, 6.45) is 5.36. The van der Waals surface area contributed by atoms with E-state index in [0.717, 1.165) is 36.3 Å². The molecule has 2 unspecified atom stereocenters. The predicted octanol–water partition coefficient (Wildman–Crippen LogP) is 1.06. The van der Waals surface area contributed by atoms with Crippen molar-refractivity contribution in [3.63, 3.8) is 0 Å². The molecule has 7 nitrogen and oxygen atoms in total. The number of anilines is 1. The zero-order valence-electron chi connectivity index (χ0n) is 13.0. The Morgan fingerprint density at radius 1 is 1.17 bits per heavy atom. The van der Waals surface area contributed by atoms with Crippen LogP contribution in [-0.2, 0) is 0 Å². The Morgan fingerprint density at radius 2 is 1.91 bits per heavy atom. The first-order valence-corrected chi connectivity index (χ1v) is 8.03. The molecule has 3 heterocycles. The minimum atomic E-state index is -0.522. The molecule has 2 aliphatic rings. The van der Waals surface area contributed by atoms with Crippen molar-refractivity contribution < 1.29 is 0 Å². The summed E-state index contributed by atoms with van der Waals surface area (Å²) < 4.78 is 0. The molecule has 0 radical (unpaired) electrons. The van der Waals surface area contributed by atoms with Crippen LogP contribution in [-0.4, -0.2) is 33.3 Å². The first-order chi connectivity index (χ1) is 11.1. The highest BCUT2D eigenvalue weighted by atomic mass is 16.2. The molecule has 4 rings (SSSR count). The van der Waals surface area contributed by atoms with Crippen LogP contribution in [0.25, 0.3) is 11.3 Å². The maximum atomic E-state index is 12.0. The summed E-state index contributed by atoms with van der Waals surface area (Å²) in [5, 5.41) is 8.35. The molecule has 23 heavy (non-hydrogen) atoms. The molecule has 0 aromatic carbocycles. The van der Waals surface area contributed by atoms with Crippen LogP contribution in [0.4, 0.5) is 5.69 Å². The predicted molar refractivity (Wildman–Crippen MR) is 86.5 cm³/mol. The minimum Gasteiger partial charge on any atom is -0.369 e. The first-order valence-electron chi connectivity index (χ1n) is 8.03. The van der Waals surface area contributed by atoms with Gasteiger partial charge in [-0.2, -0.15) is 5.10 Å². The van der Waals surface area contributed by atoms with E-state index in [1.54, 1.807) is 0 Å².